The SMILES string of the molecule is COCCNCCCCOc1cccc(F)c1. The second-order valence-electron chi connectivity index (χ2n) is 3.76. The minimum absolute atomic E-state index is 0.260. The van der Waals surface area contributed by atoms with E-state index in [1.54, 1.807) is 19.2 Å². The molecule has 0 amide bonds. The molecule has 1 aromatic carbocycles. The summed E-state index contributed by atoms with van der Waals surface area (Å²) in [6.07, 6.45) is 2.00. The molecule has 0 spiro atoms. The second kappa shape index (κ2) is 8.96. The van der Waals surface area contributed by atoms with E-state index in [4.69, 9.17) is 9.47 Å². The van der Waals surface area contributed by atoms with Gasteiger partial charge in [-0.25, -0.2) is 4.39 Å². The number of rotatable bonds is 9. The Labute approximate surface area is 102 Å². The Balaban J connectivity index is 1.97. The number of ether oxygens (including phenoxy) is 2. The first-order valence-corrected chi connectivity index (χ1v) is 5.91. The van der Waals surface area contributed by atoms with Crippen LogP contribution in [0.5, 0.6) is 5.75 Å². The standard InChI is InChI=1S/C13H20FNO2/c1-16-10-8-15-7-2-3-9-17-13-6-4-5-12(14)11-13/h4-6,11,15H,2-3,7-10H2,1H3. The van der Waals surface area contributed by atoms with Crippen molar-refractivity contribution in [3.8, 4) is 5.75 Å². The van der Waals surface area contributed by atoms with E-state index in [0.29, 0.717) is 12.4 Å². The molecule has 0 aliphatic carbocycles. The van der Waals surface area contributed by atoms with Crippen LogP contribution in [0.25, 0.3) is 0 Å². The number of methoxy groups -OCH3 is 1. The molecule has 0 saturated carbocycles. The third kappa shape index (κ3) is 6.92. The van der Waals surface area contributed by atoms with E-state index in [0.717, 1.165) is 32.5 Å². The molecule has 0 heterocycles. The van der Waals surface area contributed by atoms with Crippen molar-refractivity contribution in [3.63, 3.8) is 0 Å². The highest BCUT2D eigenvalue weighted by Crippen LogP contribution is 2.12. The first kappa shape index (κ1) is 13.9. The van der Waals surface area contributed by atoms with E-state index in [-0.39, 0.29) is 5.82 Å². The van der Waals surface area contributed by atoms with E-state index in [1.165, 1.54) is 12.1 Å². The van der Waals surface area contributed by atoms with Gasteiger partial charge in [-0.2, -0.15) is 0 Å². The number of unbranched alkanes of at least 4 members (excludes halogenated alkanes) is 1. The van der Waals surface area contributed by atoms with Gasteiger partial charge >= 0.3 is 0 Å². The molecular weight excluding hydrogens is 221 g/mol. The van der Waals surface area contributed by atoms with E-state index >= 15 is 0 Å². The molecule has 0 saturated heterocycles. The largest absolute Gasteiger partial charge is 0.493 e. The van der Waals surface area contributed by atoms with Crippen LogP contribution in [-0.2, 0) is 4.74 Å². The first-order valence-electron chi connectivity index (χ1n) is 5.91. The molecule has 96 valence electrons. The van der Waals surface area contributed by atoms with Crippen LogP contribution in [0.4, 0.5) is 4.39 Å². The number of hydrogen-bond donors (Lipinski definition) is 1. The molecule has 0 atom stereocenters. The van der Waals surface area contributed by atoms with Crippen molar-refractivity contribution in [1.82, 2.24) is 5.32 Å². The maximum Gasteiger partial charge on any atom is 0.126 e. The van der Waals surface area contributed by atoms with Gasteiger partial charge in [0.05, 0.1) is 13.2 Å². The summed E-state index contributed by atoms with van der Waals surface area (Å²) in [7, 11) is 1.69. The summed E-state index contributed by atoms with van der Waals surface area (Å²) in [4.78, 5) is 0. The van der Waals surface area contributed by atoms with Crippen LogP contribution in [-0.4, -0.2) is 33.4 Å². The molecule has 1 aromatic rings. The molecular formula is C13H20FNO2. The topological polar surface area (TPSA) is 30.5 Å². The number of nitrogens with one attached hydrogen (secondary N) is 1. The zero-order valence-electron chi connectivity index (χ0n) is 10.2. The fourth-order valence-electron chi connectivity index (χ4n) is 1.40. The highest BCUT2D eigenvalue weighted by Gasteiger charge is 1.95. The maximum absolute atomic E-state index is 12.8. The third-order valence-electron chi connectivity index (χ3n) is 2.30. The Morgan fingerprint density at radius 1 is 1.18 bits per heavy atom. The lowest BCUT2D eigenvalue weighted by molar-refractivity contribution is 0.199. The van der Waals surface area contributed by atoms with Crippen molar-refractivity contribution in [2.24, 2.45) is 0 Å². The molecule has 0 radical (unpaired) electrons. The minimum Gasteiger partial charge on any atom is -0.493 e. The molecule has 0 aromatic heterocycles. The van der Waals surface area contributed by atoms with Gasteiger partial charge in [-0.1, -0.05) is 6.07 Å². The average Bonchev–Trinajstić information content (AvgIpc) is 2.33. The number of benzene rings is 1. The second-order valence-corrected chi connectivity index (χ2v) is 3.76. The molecule has 1 rings (SSSR count). The summed E-state index contributed by atoms with van der Waals surface area (Å²) >= 11 is 0. The summed E-state index contributed by atoms with van der Waals surface area (Å²) in [5, 5.41) is 3.25. The first-order chi connectivity index (χ1) is 8.33. The predicted octanol–water partition coefficient (Wildman–Crippen LogP) is 2.22. The van der Waals surface area contributed by atoms with Crippen molar-refractivity contribution >= 4 is 0 Å². The van der Waals surface area contributed by atoms with Crippen LogP contribution in [0.1, 0.15) is 12.8 Å². The quantitative estimate of drug-likeness (QED) is 0.672. The molecule has 0 aliphatic rings. The van der Waals surface area contributed by atoms with Crippen molar-refractivity contribution < 1.29 is 13.9 Å². The lowest BCUT2D eigenvalue weighted by Crippen LogP contribution is -2.20. The molecule has 0 fully saturated rings. The number of halogens is 1. The minimum atomic E-state index is -0.260. The van der Waals surface area contributed by atoms with Gasteiger partial charge in [0, 0.05) is 19.7 Å². The smallest absolute Gasteiger partial charge is 0.126 e. The molecule has 3 nitrogen and oxygen atoms in total. The van der Waals surface area contributed by atoms with Gasteiger partial charge in [0.25, 0.3) is 0 Å². The van der Waals surface area contributed by atoms with Gasteiger partial charge in [0.2, 0.25) is 0 Å². The third-order valence-corrected chi connectivity index (χ3v) is 2.30. The highest BCUT2D eigenvalue weighted by atomic mass is 19.1. The summed E-state index contributed by atoms with van der Waals surface area (Å²) in [5.74, 6) is 0.334. The predicted molar refractivity (Wildman–Crippen MR) is 65.9 cm³/mol. The van der Waals surface area contributed by atoms with Crippen LogP contribution in [0, 0.1) is 5.82 Å². The van der Waals surface area contributed by atoms with E-state index in [1.807, 2.05) is 0 Å². The highest BCUT2D eigenvalue weighted by molar-refractivity contribution is 5.22. The zero-order valence-corrected chi connectivity index (χ0v) is 10.2. The molecule has 0 unspecified atom stereocenters. The van der Waals surface area contributed by atoms with E-state index < -0.39 is 0 Å². The lowest BCUT2D eigenvalue weighted by atomic mass is 10.3. The van der Waals surface area contributed by atoms with E-state index in [2.05, 4.69) is 5.32 Å². The average molecular weight is 241 g/mol. The van der Waals surface area contributed by atoms with Gasteiger partial charge in [-0.15, -0.1) is 0 Å². The fraction of sp³-hybridized carbons (Fsp3) is 0.538. The maximum atomic E-state index is 12.8. The summed E-state index contributed by atoms with van der Waals surface area (Å²) in [6.45, 7) is 3.19. The lowest BCUT2D eigenvalue weighted by Gasteiger charge is -2.06. The normalized spacial score (nSPS) is 10.5. The molecule has 0 bridgehead atoms. The fourth-order valence-corrected chi connectivity index (χ4v) is 1.40. The van der Waals surface area contributed by atoms with Crippen LogP contribution in [0.15, 0.2) is 24.3 Å². The molecule has 0 aliphatic heterocycles. The Hall–Kier alpha value is -1.13. The summed E-state index contributed by atoms with van der Waals surface area (Å²) in [5.41, 5.74) is 0. The monoisotopic (exact) mass is 241 g/mol. The van der Waals surface area contributed by atoms with Gasteiger partial charge in [-0.05, 0) is 31.5 Å². The molecule has 17 heavy (non-hydrogen) atoms. The van der Waals surface area contributed by atoms with Gasteiger partial charge in [-0.3, -0.25) is 0 Å². The Morgan fingerprint density at radius 2 is 2.06 bits per heavy atom. The van der Waals surface area contributed by atoms with Crippen LogP contribution < -0.4 is 10.1 Å². The van der Waals surface area contributed by atoms with Gasteiger partial charge in [0.1, 0.15) is 11.6 Å². The Bertz CT molecular complexity index is 307. The molecule has 1 N–H and O–H groups in total. The van der Waals surface area contributed by atoms with Crippen molar-refractivity contribution in [1.29, 1.82) is 0 Å². The zero-order chi connectivity index (χ0) is 12.3. The van der Waals surface area contributed by atoms with Crippen LogP contribution >= 0.6 is 0 Å². The number of hydrogen-bond acceptors (Lipinski definition) is 3. The van der Waals surface area contributed by atoms with Crippen LogP contribution in [0.3, 0.4) is 0 Å². The Kier molecular flexibility index (Phi) is 7.34. The summed E-state index contributed by atoms with van der Waals surface area (Å²) in [6, 6.07) is 6.22. The van der Waals surface area contributed by atoms with E-state index in [9.17, 15) is 4.39 Å². The summed E-state index contributed by atoms with van der Waals surface area (Å²) < 4.78 is 23.2. The van der Waals surface area contributed by atoms with Crippen LogP contribution in [0.2, 0.25) is 0 Å². The van der Waals surface area contributed by atoms with Crippen molar-refractivity contribution in [3.05, 3.63) is 30.1 Å². The van der Waals surface area contributed by atoms with Crippen molar-refractivity contribution in [2.45, 2.75) is 12.8 Å². The Morgan fingerprint density at radius 3 is 2.82 bits per heavy atom. The van der Waals surface area contributed by atoms with Crippen molar-refractivity contribution in [2.75, 3.05) is 33.4 Å². The van der Waals surface area contributed by atoms with Gasteiger partial charge in [0.15, 0.2) is 0 Å². The van der Waals surface area contributed by atoms with Gasteiger partial charge < -0.3 is 14.8 Å². The molecule has 4 heteroatoms.